The molecule has 3 heterocycles. The molecule has 2 aromatic heterocycles. The number of hydrogen-bond acceptors (Lipinski definition) is 6. The Morgan fingerprint density at radius 3 is 2.50 bits per heavy atom. The van der Waals surface area contributed by atoms with E-state index in [4.69, 9.17) is 0 Å². The van der Waals surface area contributed by atoms with Gasteiger partial charge in [0.2, 0.25) is 0 Å². The fraction of sp³-hybridized carbons (Fsp3) is 0.0952. The van der Waals surface area contributed by atoms with Gasteiger partial charge in [-0.2, -0.15) is 17.9 Å². The van der Waals surface area contributed by atoms with Crippen molar-refractivity contribution in [3.63, 3.8) is 0 Å². The van der Waals surface area contributed by atoms with Crippen LogP contribution in [0.3, 0.4) is 0 Å². The van der Waals surface area contributed by atoms with E-state index in [-0.39, 0.29) is 4.90 Å². The van der Waals surface area contributed by atoms with E-state index < -0.39 is 21.9 Å². The number of nitrogens with zero attached hydrogens (tertiary/aromatic N) is 4. The minimum atomic E-state index is -3.98. The average molecular weight is 439 g/mol. The van der Waals surface area contributed by atoms with E-state index in [0.717, 1.165) is 32.5 Å². The molecule has 30 heavy (non-hydrogen) atoms. The molecule has 1 aliphatic rings. The lowest BCUT2D eigenvalue weighted by molar-refractivity contribution is 0.371. The summed E-state index contributed by atoms with van der Waals surface area (Å²) in [7, 11) is -3.98. The number of aromatic nitrogens is 2. The van der Waals surface area contributed by atoms with E-state index in [9.17, 15) is 12.8 Å². The number of thiophene rings is 1. The Hall–Kier alpha value is -3.17. The zero-order valence-corrected chi connectivity index (χ0v) is 17.1. The topological polar surface area (TPSA) is 75.5 Å². The molecule has 1 aliphatic heterocycles. The summed E-state index contributed by atoms with van der Waals surface area (Å²) >= 11 is 1.51. The SMILES string of the molecule is O=S(=O)(c1ccc(F)cc1)N1N=C(c2cccs2)C[C@@H]1c1ccc2nccnc2c1. The first-order valence-corrected chi connectivity index (χ1v) is 11.5. The largest absolute Gasteiger partial charge is 0.279 e. The van der Waals surface area contributed by atoms with Gasteiger partial charge in [-0.25, -0.2) is 4.39 Å². The minimum absolute atomic E-state index is 0.00865. The van der Waals surface area contributed by atoms with Crippen molar-refractivity contribution in [2.24, 2.45) is 5.10 Å². The minimum Gasteiger partial charge on any atom is -0.253 e. The highest BCUT2D eigenvalue weighted by atomic mass is 32.2. The molecule has 0 unspecified atom stereocenters. The smallest absolute Gasteiger partial charge is 0.253 e. The highest BCUT2D eigenvalue weighted by Crippen LogP contribution is 2.38. The number of hydrazone groups is 1. The van der Waals surface area contributed by atoms with Gasteiger partial charge in [-0.1, -0.05) is 12.1 Å². The second kappa shape index (κ2) is 7.26. The Balaban J connectivity index is 1.62. The van der Waals surface area contributed by atoms with Crippen LogP contribution < -0.4 is 0 Å². The average Bonchev–Trinajstić information content (AvgIpc) is 3.44. The summed E-state index contributed by atoms with van der Waals surface area (Å²) in [6.45, 7) is 0. The van der Waals surface area contributed by atoms with Crippen LogP contribution in [0, 0.1) is 5.82 Å². The van der Waals surface area contributed by atoms with Gasteiger partial charge in [0.15, 0.2) is 0 Å². The third-order valence-corrected chi connectivity index (χ3v) is 7.53. The van der Waals surface area contributed by atoms with Crippen LogP contribution in [0.4, 0.5) is 4.39 Å². The fourth-order valence-corrected chi connectivity index (χ4v) is 5.61. The van der Waals surface area contributed by atoms with Gasteiger partial charge in [0.1, 0.15) is 5.82 Å². The van der Waals surface area contributed by atoms with Crippen molar-refractivity contribution in [1.29, 1.82) is 0 Å². The molecule has 0 fully saturated rings. The van der Waals surface area contributed by atoms with Gasteiger partial charge in [-0.3, -0.25) is 9.97 Å². The molecule has 0 saturated carbocycles. The normalized spacial score (nSPS) is 16.8. The molecule has 4 aromatic rings. The summed E-state index contributed by atoms with van der Waals surface area (Å²) in [5, 5.41) is 6.41. The van der Waals surface area contributed by atoms with Crippen molar-refractivity contribution >= 4 is 38.1 Å². The van der Waals surface area contributed by atoms with Crippen molar-refractivity contribution in [1.82, 2.24) is 14.4 Å². The Bertz CT molecular complexity index is 1350. The van der Waals surface area contributed by atoms with Crippen LogP contribution in [0.25, 0.3) is 11.0 Å². The van der Waals surface area contributed by atoms with Gasteiger partial charge in [-0.05, 0) is 53.4 Å². The molecular weight excluding hydrogens is 423 g/mol. The second-order valence-electron chi connectivity index (χ2n) is 6.78. The Morgan fingerprint density at radius 1 is 1.00 bits per heavy atom. The van der Waals surface area contributed by atoms with Gasteiger partial charge in [0.25, 0.3) is 10.0 Å². The maximum atomic E-state index is 13.4. The van der Waals surface area contributed by atoms with E-state index >= 15 is 0 Å². The molecule has 1 atom stereocenters. The molecule has 5 rings (SSSR count). The highest BCUT2D eigenvalue weighted by molar-refractivity contribution is 7.89. The molecule has 6 nitrogen and oxygen atoms in total. The number of rotatable bonds is 4. The standard InChI is InChI=1S/C21H15FN4O2S2/c22-15-4-6-16(7-5-15)30(27,28)26-20(13-19(25-26)21-2-1-11-29-21)14-3-8-17-18(12-14)24-10-9-23-17/h1-12,20H,13H2/t20-/m1/s1. The van der Waals surface area contributed by atoms with Gasteiger partial charge in [0.05, 0.1) is 32.6 Å². The molecule has 0 saturated heterocycles. The first-order valence-electron chi connectivity index (χ1n) is 9.14. The van der Waals surface area contributed by atoms with Gasteiger partial charge in [0, 0.05) is 18.8 Å². The maximum absolute atomic E-state index is 13.4. The molecule has 0 aliphatic carbocycles. The summed E-state index contributed by atoms with van der Waals surface area (Å²) < 4.78 is 41.2. The molecule has 0 bridgehead atoms. The number of fused-ring (bicyclic) bond motifs is 1. The van der Waals surface area contributed by atoms with E-state index in [1.54, 1.807) is 12.4 Å². The summed E-state index contributed by atoms with van der Waals surface area (Å²) in [4.78, 5) is 9.51. The lowest BCUT2D eigenvalue weighted by Crippen LogP contribution is -2.27. The summed E-state index contributed by atoms with van der Waals surface area (Å²) in [5.41, 5.74) is 2.87. The molecule has 0 radical (unpaired) electrons. The number of benzene rings is 2. The molecule has 9 heteroatoms. The predicted molar refractivity (Wildman–Crippen MR) is 113 cm³/mol. The molecular formula is C21H15FN4O2S2. The highest BCUT2D eigenvalue weighted by Gasteiger charge is 2.38. The van der Waals surface area contributed by atoms with Gasteiger partial charge >= 0.3 is 0 Å². The van der Waals surface area contributed by atoms with Crippen LogP contribution in [-0.2, 0) is 10.0 Å². The van der Waals surface area contributed by atoms with Crippen molar-refractivity contribution in [2.45, 2.75) is 17.4 Å². The first kappa shape index (κ1) is 18.8. The monoisotopic (exact) mass is 438 g/mol. The third-order valence-electron chi connectivity index (χ3n) is 4.91. The number of sulfonamides is 1. The van der Waals surface area contributed by atoms with Crippen LogP contribution in [0.5, 0.6) is 0 Å². The van der Waals surface area contributed by atoms with Crippen LogP contribution in [0.15, 0.2) is 82.4 Å². The van der Waals surface area contributed by atoms with Crippen molar-refractivity contribution in [3.8, 4) is 0 Å². The van der Waals surface area contributed by atoms with Crippen molar-refractivity contribution < 1.29 is 12.8 Å². The lowest BCUT2D eigenvalue weighted by Gasteiger charge is -2.23. The lowest BCUT2D eigenvalue weighted by atomic mass is 10.0. The van der Waals surface area contributed by atoms with Gasteiger partial charge in [-0.15, -0.1) is 11.3 Å². The van der Waals surface area contributed by atoms with E-state index in [1.807, 2.05) is 35.7 Å². The summed E-state index contributed by atoms with van der Waals surface area (Å²) in [6, 6.07) is 13.6. The Morgan fingerprint density at radius 2 is 1.77 bits per heavy atom. The van der Waals surface area contributed by atoms with E-state index in [2.05, 4.69) is 15.1 Å². The van der Waals surface area contributed by atoms with Crippen LogP contribution >= 0.6 is 11.3 Å². The number of hydrogen-bond donors (Lipinski definition) is 0. The predicted octanol–water partition coefficient (Wildman–Crippen LogP) is 4.37. The van der Waals surface area contributed by atoms with Crippen LogP contribution in [0.2, 0.25) is 0 Å². The zero-order chi connectivity index (χ0) is 20.7. The zero-order valence-electron chi connectivity index (χ0n) is 15.5. The van der Waals surface area contributed by atoms with E-state index in [0.29, 0.717) is 17.6 Å². The third kappa shape index (κ3) is 3.25. The first-order chi connectivity index (χ1) is 14.5. The molecule has 2 aromatic carbocycles. The Labute approximate surface area is 176 Å². The fourth-order valence-electron chi connectivity index (χ4n) is 3.45. The van der Waals surface area contributed by atoms with E-state index in [1.165, 1.54) is 23.5 Å². The summed E-state index contributed by atoms with van der Waals surface area (Å²) in [6.07, 6.45) is 3.63. The number of halogens is 1. The molecule has 0 N–H and O–H groups in total. The van der Waals surface area contributed by atoms with Crippen LogP contribution in [-0.4, -0.2) is 28.5 Å². The summed E-state index contributed by atoms with van der Waals surface area (Å²) in [5.74, 6) is -0.497. The molecule has 0 amide bonds. The van der Waals surface area contributed by atoms with Crippen LogP contribution in [0.1, 0.15) is 22.9 Å². The second-order valence-corrected chi connectivity index (χ2v) is 9.52. The van der Waals surface area contributed by atoms with Crippen molar-refractivity contribution in [3.05, 3.63) is 88.6 Å². The van der Waals surface area contributed by atoms with Gasteiger partial charge < -0.3 is 0 Å². The van der Waals surface area contributed by atoms with Crippen molar-refractivity contribution in [2.75, 3.05) is 0 Å². The quantitative estimate of drug-likeness (QED) is 0.474. The molecule has 150 valence electrons. The Kier molecular flexibility index (Phi) is 4.56. The molecule has 0 spiro atoms. The maximum Gasteiger partial charge on any atom is 0.279 e.